The minimum atomic E-state index is -0.317. The summed E-state index contributed by atoms with van der Waals surface area (Å²) in [5.74, 6) is 1.84. The fourth-order valence-electron chi connectivity index (χ4n) is 2.52. The average Bonchev–Trinajstić information content (AvgIpc) is 2.68. The minimum absolute atomic E-state index is 0.299. The van der Waals surface area contributed by atoms with Gasteiger partial charge >= 0.3 is 0 Å². The summed E-state index contributed by atoms with van der Waals surface area (Å²) in [7, 11) is 0. The zero-order valence-electron chi connectivity index (χ0n) is 16.3. The zero-order valence-corrected chi connectivity index (χ0v) is 16.3. The Morgan fingerprint density at radius 1 is 1.04 bits per heavy atom. The second-order valence-electron chi connectivity index (χ2n) is 6.86. The number of hydrogen-bond donors (Lipinski definition) is 2. The topological polar surface area (TPSA) is 76.1 Å². The van der Waals surface area contributed by atoms with Gasteiger partial charge in [0.25, 0.3) is 5.91 Å². The number of carbonyl (C=O) groups is 1. The summed E-state index contributed by atoms with van der Waals surface area (Å²) < 4.78 is 5.90. The minimum Gasteiger partial charge on any atom is -0.455 e. The third-order valence-electron chi connectivity index (χ3n) is 3.86. The van der Waals surface area contributed by atoms with Gasteiger partial charge in [-0.2, -0.15) is 0 Å². The van der Waals surface area contributed by atoms with Crippen LogP contribution in [0.5, 0.6) is 11.5 Å². The predicted octanol–water partition coefficient (Wildman–Crippen LogP) is 4.90. The highest BCUT2D eigenvalue weighted by Gasteiger charge is 2.14. The van der Waals surface area contributed by atoms with Gasteiger partial charge in [-0.3, -0.25) is 4.79 Å². The van der Waals surface area contributed by atoms with E-state index >= 15 is 0 Å². The number of benzene rings is 2. The van der Waals surface area contributed by atoms with E-state index in [1.807, 2.05) is 55.5 Å². The predicted molar refractivity (Wildman–Crippen MR) is 111 cm³/mol. The second kappa shape index (κ2) is 8.99. The molecule has 0 saturated heterocycles. The van der Waals surface area contributed by atoms with Gasteiger partial charge < -0.3 is 15.4 Å². The van der Waals surface area contributed by atoms with Crippen LogP contribution < -0.4 is 15.4 Å². The van der Waals surface area contributed by atoms with Gasteiger partial charge in [-0.25, -0.2) is 9.97 Å². The Morgan fingerprint density at radius 2 is 1.75 bits per heavy atom. The highest BCUT2D eigenvalue weighted by molar-refractivity contribution is 6.03. The first-order valence-electron chi connectivity index (χ1n) is 9.24. The van der Waals surface area contributed by atoms with Gasteiger partial charge in [-0.05, 0) is 43.2 Å². The molecule has 1 aromatic heterocycles. The van der Waals surface area contributed by atoms with E-state index in [-0.39, 0.29) is 5.91 Å². The third kappa shape index (κ3) is 5.30. The van der Waals surface area contributed by atoms with Crippen molar-refractivity contribution in [2.75, 3.05) is 17.2 Å². The van der Waals surface area contributed by atoms with E-state index in [9.17, 15) is 4.79 Å². The molecule has 0 atom stereocenters. The number of nitrogens with one attached hydrogen (secondary N) is 2. The van der Waals surface area contributed by atoms with Crippen LogP contribution in [0.15, 0.2) is 60.7 Å². The Hall–Kier alpha value is -3.41. The number of carbonyl (C=O) groups excluding carboxylic acids is 1. The number of para-hydroxylation sites is 3. The van der Waals surface area contributed by atoms with Crippen molar-refractivity contribution in [1.29, 1.82) is 0 Å². The molecule has 0 aliphatic carbocycles. The number of hydrogen-bond acceptors (Lipinski definition) is 5. The number of anilines is 2. The molecule has 2 aromatic carbocycles. The molecule has 6 nitrogen and oxygen atoms in total. The standard InChI is InChI=1S/C22H24N4O2/c1-15(2)14-23-22-24-16(3)13-19(26-22)21(27)25-18-11-7-8-12-20(18)28-17-9-5-4-6-10-17/h4-13,15H,14H2,1-3H3,(H,25,27)(H,23,24,26). The normalized spacial score (nSPS) is 10.6. The SMILES string of the molecule is Cc1cc(C(=O)Nc2ccccc2Oc2ccccc2)nc(NCC(C)C)n1. The molecule has 0 aliphatic heterocycles. The van der Waals surface area contributed by atoms with Crippen LogP contribution in [-0.2, 0) is 0 Å². The average molecular weight is 376 g/mol. The summed E-state index contributed by atoms with van der Waals surface area (Å²) in [5.41, 5.74) is 1.60. The van der Waals surface area contributed by atoms with Crippen molar-refractivity contribution in [3.05, 3.63) is 72.1 Å². The lowest BCUT2D eigenvalue weighted by Gasteiger charge is -2.13. The molecule has 1 amide bonds. The first kappa shape index (κ1) is 19.4. The molecule has 1 heterocycles. The highest BCUT2D eigenvalue weighted by Crippen LogP contribution is 2.29. The quantitative estimate of drug-likeness (QED) is 0.613. The van der Waals surface area contributed by atoms with Crippen LogP contribution in [-0.4, -0.2) is 22.4 Å². The number of aryl methyl sites for hydroxylation is 1. The van der Waals surface area contributed by atoms with Gasteiger partial charge in [0.15, 0.2) is 5.75 Å². The van der Waals surface area contributed by atoms with Crippen molar-refractivity contribution in [1.82, 2.24) is 9.97 Å². The highest BCUT2D eigenvalue weighted by atomic mass is 16.5. The number of aromatic nitrogens is 2. The van der Waals surface area contributed by atoms with Crippen LogP contribution in [0, 0.1) is 12.8 Å². The molecule has 0 spiro atoms. The molecule has 0 unspecified atom stereocenters. The number of amides is 1. The summed E-state index contributed by atoms with van der Waals surface area (Å²) in [5, 5.41) is 6.05. The van der Waals surface area contributed by atoms with Gasteiger partial charge in [0.1, 0.15) is 11.4 Å². The molecule has 28 heavy (non-hydrogen) atoms. The molecule has 0 aliphatic rings. The van der Waals surface area contributed by atoms with Crippen LogP contribution in [0.2, 0.25) is 0 Å². The molecule has 0 fully saturated rings. The molecule has 2 N–H and O–H groups in total. The van der Waals surface area contributed by atoms with E-state index in [0.29, 0.717) is 34.7 Å². The number of nitrogens with zero attached hydrogens (tertiary/aromatic N) is 2. The lowest BCUT2D eigenvalue weighted by atomic mass is 10.2. The van der Waals surface area contributed by atoms with Gasteiger partial charge in [-0.15, -0.1) is 0 Å². The van der Waals surface area contributed by atoms with Crippen LogP contribution in [0.4, 0.5) is 11.6 Å². The molecule has 3 rings (SSSR count). The Kier molecular flexibility index (Phi) is 6.22. The maximum Gasteiger partial charge on any atom is 0.274 e. The molecule has 0 bridgehead atoms. The first-order chi connectivity index (χ1) is 13.5. The van der Waals surface area contributed by atoms with Crippen molar-refractivity contribution >= 4 is 17.5 Å². The summed E-state index contributed by atoms with van der Waals surface area (Å²) >= 11 is 0. The molecule has 144 valence electrons. The van der Waals surface area contributed by atoms with Crippen LogP contribution >= 0.6 is 0 Å². The summed E-state index contributed by atoms with van der Waals surface area (Å²) in [6.45, 7) is 6.77. The molecule has 0 radical (unpaired) electrons. The molecule has 0 saturated carbocycles. The van der Waals surface area contributed by atoms with Crippen molar-refractivity contribution in [2.45, 2.75) is 20.8 Å². The van der Waals surface area contributed by atoms with Gasteiger partial charge in [0, 0.05) is 12.2 Å². The van der Waals surface area contributed by atoms with E-state index in [1.54, 1.807) is 12.1 Å². The number of ether oxygens (including phenoxy) is 1. The summed E-state index contributed by atoms with van der Waals surface area (Å²) in [6, 6.07) is 18.4. The zero-order chi connectivity index (χ0) is 19.9. The molecule has 6 heteroatoms. The fourth-order valence-corrected chi connectivity index (χ4v) is 2.52. The Labute approximate surface area is 165 Å². The van der Waals surface area contributed by atoms with E-state index in [2.05, 4.69) is 34.4 Å². The molecule has 3 aromatic rings. The van der Waals surface area contributed by atoms with Crippen molar-refractivity contribution < 1.29 is 9.53 Å². The monoisotopic (exact) mass is 376 g/mol. The third-order valence-corrected chi connectivity index (χ3v) is 3.86. The van der Waals surface area contributed by atoms with E-state index in [1.165, 1.54) is 0 Å². The largest absolute Gasteiger partial charge is 0.455 e. The smallest absolute Gasteiger partial charge is 0.274 e. The maximum absolute atomic E-state index is 12.8. The Balaban J connectivity index is 1.78. The van der Waals surface area contributed by atoms with Crippen LogP contribution in [0.3, 0.4) is 0 Å². The summed E-state index contributed by atoms with van der Waals surface area (Å²) in [6.07, 6.45) is 0. The van der Waals surface area contributed by atoms with Gasteiger partial charge in [-0.1, -0.05) is 44.2 Å². The van der Waals surface area contributed by atoms with Gasteiger partial charge in [0.05, 0.1) is 5.69 Å². The number of rotatable bonds is 7. The van der Waals surface area contributed by atoms with Gasteiger partial charge in [0.2, 0.25) is 5.95 Å². The maximum atomic E-state index is 12.8. The van der Waals surface area contributed by atoms with E-state index < -0.39 is 0 Å². The van der Waals surface area contributed by atoms with Crippen LogP contribution in [0.25, 0.3) is 0 Å². The van der Waals surface area contributed by atoms with Crippen molar-refractivity contribution in [3.63, 3.8) is 0 Å². The second-order valence-corrected chi connectivity index (χ2v) is 6.86. The molecular formula is C22H24N4O2. The van der Waals surface area contributed by atoms with Crippen LogP contribution in [0.1, 0.15) is 30.0 Å². The van der Waals surface area contributed by atoms with E-state index in [4.69, 9.17) is 4.74 Å². The van der Waals surface area contributed by atoms with E-state index in [0.717, 1.165) is 12.2 Å². The Morgan fingerprint density at radius 3 is 2.50 bits per heavy atom. The Bertz CT molecular complexity index is 942. The summed E-state index contributed by atoms with van der Waals surface area (Å²) in [4.78, 5) is 21.5. The molecular weight excluding hydrogens is 352 g/mol. The fraction of sp³-hybridized carbons (Fsp3) is 0.227. The van der Waals surface area contributed by atoms with Crippen molar-refractivity contribution in [3.8, 4) is 11.5 Å². The lowest BCUT2D eigenvalue weighted by Crippen LogP contribution is -2.17. The first-order valence-corrected chi connectivity index (χ1v) is 9.24. The van der Waals surface area contributed by atoms with Crippen molar-refractivity contribution in [2.24, 2.45) is 5.92 Å². The lowest BCUT2D eigenvalue weighted by molar-refractivity contribution is 0.102.